The van der Waals surface area contributed by atoms with Crippen molar-refractivity contribution >= 4 is 11.7 Å². The number of anilines is 1. The fourth-order valence-electron chi connectivity index (χ4n) is 2.05. The molecule has 0 radical (unpaired) electrons. The van der Waals surface area contributed by atoms with Gasteiger partial charge in [-0.25, -0.2) is 4.79 Å². The Morgan fingerprint density at radius 2 is 2.19 bits per heavy atom. The quantitative estimate of drug-likeness (QED) is 0.800. The topological polar surface area (TPSA) is 49.3 Å². The molecule has 2 N–H and O–H groups in total. The normalized spacial score (nSPS) is 16.8. The smallest absolute Gasteiger partial charge is 0.337 e. The van der Waals surface area contributed by atoms with Gasteiger partial charge < -0.3 is 10.4 Å². The van der Waals surface area contributed by atoms with Gasteiger partial charge in [-0.05, 0) is 37.3 Å². The lowest BCUT2D eigenvalue weighted by Gasteiger charge is -2.18. The van der Waals surface area contributed by atoms with E-state index in [-0.39, 0.29) is 0 Å². The SMILES string of the molecule is CCC(Nc1ccccc1C(=O)O)C1CC1. The minimum Gasteiger partial charge on any atom is -0.478 e. The molecule has 1 aromatic carbocycles. The number of nitrogens with one attached hydrogen (secondary N) is 1. The Kier molecular flexibility index (Phi) is 3.13. The highest BCUT2D eigenvalue weighted by molar-refractivity contribution is 5.94. The van der Waals surface area contributed by atoms with Crippen molar-refractivity contribution in [3.8, 4) is 0 Å². The van der Waals surface area contributed by atoms with Crippen molar-refractivity contribution in [2.45, 2.75) is 32.2 Å². The first-order valence-corrected chi connectivity index (χ1v) is 5.81. The van der Waals surface area contributed by atoms with Crippen LogP contribution in [0.25, 0.3) is 0 Å². The maximum absolute atomic E-state index is 11.0. The zero-order valence-electron chi connectivity index (χ0n) is 9.44. The highest BCUT2D eigenvalue weighted by atomic mass is 16.4. The molecule has 86 valence electrons. The molecule has 1 aliphatic carbocycles. The first-order valence-electron chi connectivity index (χ1n) is 5.81. The van der Waals surface area contributed by atoms with Crippen LogP contribution in [0.4, 0.5) is 5.69 Å². The molecule has 0 heterocycles. The number of para-hydroxylation sites is 1. The van der Waals surface area contributed by atoms with E-state index < -0.39 is 5.97 Å². The van der Waals surface area contributed by atoms with Crippen LogP contribution in [0.3, 0.4) is 0 Å². The van der Waals surface area contributed by atoms with Gasteiger partial charge in [0, 0.05) is 11.7 Å². The summed E-state index contributed by atoms with van der Waals surface area (Å²) in [5, 5.41) is 12.4. The van der Waals surface area contributed by atoms with E-state index in [1.54, 1.807) is 12.1 Å². The van der Waals surface area contributed by atoms with Gasteiger partial charge >= 0.3 is 5.97 Å². The summed E-state index contributed by atoms with van der Waals surface area (Å²) in [5.41, 5.74) is 1.11. The Morgan fingerprint density at radius 1 is 1.50 bits per heavy atom. The highest BCUT2D eigenvalue weighted by Gasteiger charge is 2.30. The van der Waals surface area contributed by atoms with Crippen LogP contribution >= 0.6 is 0 Å². The fourth-order valence-corrected chi connectivity index (χ4v) is 2.05. The average molecular weight is 219 g/mol. The Morgan fingerprint density at radius 3 is 2.75 bits per heavy atom. The summed E-state index contributed by atoms with van der Waals surface area (Å²) in [4.78, 5) is 11.0. The van der Waals surface area contributed by atoms with Crippen LogP contribution in [0.1, 0.15) is 36.5 Å². The van der Waals surface area contributed by atoms with E-state index in [0.29, 0.717) is 11.6 Å². The lowest BCUT2D eigenvalue weighted by atomic mass is 10.1. The van der Waals surface area contributed by atoms with E-state index >= 15 is 0 Å². The lowest BCUT2D eigenvalue weighted by molar-refractivity contribution is 0.0698. The number of hydrogen-bond donors (Lipinski definition) is 2. The zero-order valence-corrected chi connectivity index (χ0v) is 9.44. The summed E-state index contributed by atoms with van der Waals surface area (Å²) in [5.74, 6) is -0.138. The Balaban J connectivity index is 2.15. The summed E-state index contributed by atoms with van der Waals surface area (Å²) in [6.45, 7) is 2.14. The van der Waals surface area contributed by atoms with E-state index in [0.717, 1.165) is 18.0 Å². The van der Waals surface area contributed by atoms with Gasteiger partial charge in [0.25, 0.3) is 0 Å². The summed E-state index contributed by atoms with van der Waals surface area (Å²) >= 11 is 0. The molecule has 0 spiro atoms. The number of rotatable bonds is 5. The van der Waals surface area contributed by atoms with Gasteiger partial charge in [-0.15, -0.1) is 0 Å². The maximum Gasteiger partial charge on any atom is 0.337 e. The van der Waals surface area contributed by atoms with Crippen LogP contribution in [0.15, 0.2) is 24.3 Å². The number of benzene rings is 1. The summed E-state index contributed by atoms with van der Waals surface area (Å²) < 4.78 is 0. The number of carboxylic acid groups (broad SMARTS) is 1. The van der Waals surface area contributed by atoms with E-state index in [1.807, 2.05) is 12.1 Å². The Labute approximate surface area is 95.5 Å². The molecule has 16 heavy (non-hydrogen) atoms. The third-order valence-corrected chi connectivity index (χ3v) is 3.13. The van der Waals surface area contributed by atoms with Crippen molar-refractivity contribution in [2.24, 2.45) is 5.92 Å². The minimum absolute atomic E-state index is 0.363. The average Bonchev–Trinajstić information content (AvgIpc) is 3.10. The van der Waals surface area contributed by atoms with Gasteiger partial charge in [0.1, 0.15) is 0 Å². The van der Waals surface area contributed by atoms with Crippen LogP contribution in [0, 0.1) is 5.92 Å². The molecule has 0 bridgehead atoms. The molecule has 3 heteroatoms. The largest absolute Gasteiger partial charge is 0.478 e. The van der Waals surface area contributed by atoms with Crippen LogP contribution in [0.2, 0.25) is 0 Å². The molecule has 3 nitrogen and oxygen atoms in total. The first-order chi connectivity index (χ1) is 7.72. The molecular formula is C13H17NO2. The molecule has 0 aliphatic heterocycles. The van der Waals surface area contributed by atoms with E-state index in [4.69, 9.17) is 5.11 Å². The second-order valence-corrected chi connectivity index (χ2v) is 4.35. The van der Waals surface area contributed by atoms with Crippen molar-refractivity contribution in [2.75, 3.05) is 5.32 Å². The minimum atomic E-state index is -0.867. The van der Waals surface area contributed by atoms with E-state index in [2.05, 4.69) is 12.2 Å². The number of carbonyl (C=O) groups is 1. The molecule has 1 unspecified atom stereocenters. The molecule has 1 atom stereocenters. The number of aromatic carboxylic acids is 1. The highest BCUT2D eigenvalue weighted by Crippen LogP contribution is 2.36. The fraction of sp³-hybridized carbons (Fsp3) is 0.462. The molecule has 1 fully saturated rings. The van der Waals surface area contributed by atoms with Crippen molar-refractivity contribution in [3.63, 3.8) is 0 Å². The lowest BCUT2D eigenvalue weighted by Crippen LogP contribution is -2.22. The molecule has 0 saturated heterocycles. The second-order valence-electron chi connectivity index (χ2n) is 4.35. The van der Waals surface area contributed by atoms with Crippen molar-refractivity contribution < 1.29 is 9.90 Å². The van der Waals surface area contributed by atoms with Crippen molar-refractivity contribution in [1.29, 1.82) is 0 Å². The van der Waals surface area contributed by atoms with Crippen molar-refractivity contribution in [3.05, 3.63) is 29.8 Å². The predicted octanol–water partition coefficient (Wildman–Crippen LogP) is 2.99. The number of carboxylic acids is 1. The van der Waals surface area contributed by atoms with Gasteiger partial charge in [0.2, 0.25) is 0 Å². The third-order valence-electron chi connectivity index (χ3n) is 3.13. The van der Waals surface area contributed by atoms with Crippen LogP contribution in [-0.2, 0) is 0 Å². The first kappa shape index (κ1) is 11.0. The summed E-state index contributed by atoms with van der Waals surface area (Å²) in [6.07, 6.45) is 3.57. The molecule has 1 aromatic rings. The van der Waals surface area contributed by atoms with Gasteiger partial charge in [-0.3, -0.25) is 0 Å². The molecule has 1 aliphatic rings. The van der Waals surface area contributed by atoms with Gasteiger partial charge in [0.05, 0.1) is 5.56 Å². The Hall–Kier alpha value is -1.51. The van der Waals surface area contributed by atoms with Crippen molar-refractivity contribution in [1.82, 2.24) is 0 Å². The Bertz CT molecular complexity index is 385. The van der Waals surface area contributed by atoms with Crippen LogP contribution in [-0.4, -0.2) is 17.1 Å². The summed E-state index contributed by atoms with van der Waals surface area (Å²) in [6, 6.07) is 7.53. The predicted molar refractivity (Wildman–Crippen MR) is 63.8 cm³/mol. The molecular weight excluding hydrogens is 202 g/mol. The summed E-state index contributed by atoms with van der Waals surface area (Å²) in [7, 11) is 0. The monoisotopic (exact) mass is 219 g/mol. The van der Waals surface area contributed by atoms with Crippen LogP contribution < -0.4 is 5.32 Å². The van der Waals surface area contributed by atoms with E-state index in [9.17, 15) is 4.79 Å². The van der Waals surface area contributed by atoms with E-state index in [1.165, 1.54) is 12.8 Å². The molecule has 0 amide bonds. The maximum atomic E-state index is 11.0. The van der Waals surface area contributed by atoms with Gasteiger partial charge in [-0.1, -0.05) is 19.1 Å². The van der Waals surface area contributed by atoms with Crippen LogP contribution in [0.5, 0.6) is 0 Å². The molecule has 1 saturated carbocycles. The molecule has 2 rings (SSSR count). The number of hydrogen-bond acceptors (Lipinski definition) is 2. The standard InChI is InChI=1S/C13H17NO2/c1-2-11(9-7-8-9)14-12-6-4-3-5-10(12)13(15)16/h3-6,9,11,14H,2,7-8H2,1H3,(H,15,16). The second kappa shape index (κ2) is 4.56. The van der Waals surface area contributed by atoms with Gasteiger partial charge in [0.15, 0.2) is 0 Å². The third kappa shape index (κ3) is 2.35. The molecule has 0 aromatic heterocycles. The van der Waals surface area contributed by atoms with Gasteiger partial charge in [-0.2, -0.15) is 0 Å². The zero-order chi connectivity index (χ0) is 11.5.